The van der Waals surface area contributed by atoms with Gasteiger partial charge in [-0.25, -0.2) is 4.79 Å². The Bertz CT molecular complexity index is 664. The lowest BCUT2D eigenvalue weighted by atomic mass is 9.71. The van der Waals surface area contributed by atoms with Crippen LogP contribution in [0.25, 0.3) is 0 Å². The first kappa shape index (κ1) is 21.0. The molecule has 8 heteroatoms. The highest BCUT2D eigenvalue weighted by atomic mass is 28.3. The molecule has 1 rings (SSSR count). The number of hydrogen-bond donors (Lipinski definition) is 1. The number of carboxylic acid groups (broad SMARTS) is 1. The van der Waals surface area contributed by atoms with Gasteiger partial charge in [0.25, 0.3) is 9.04 Å². The maximum Gasteiger partial charge on any atom is 0.511 e. The average Bonchev–Trinajstić information content (AvgIpc) is 2.33. The Morgan fingerprint density at radius 2 is 1.80 bits per heavy atom. The van der Waals surface area contributed by atoms with Crippen molar-refractivity contribution in [2.75, 3.05) is 0 Å². The van der Waals surface area contributed by atoms with Crippen LogP contribution >= 0.6 is 0 Å². The minimum atomic E-state index is -1.47. The zero-order valence-corrected chi connectivity index (χ0v) is 16.8. The van der Waals surface area contributed by atoms with E-state index in [1.807, 2.05) is 26.9 Å². The normalized spacial score (nSPS) is 12.2. The molecule has 0 aromatic heterocycles. The van der Waals surface area contributed by atoms with Gasteiger partial charge in [-0.05, 0) is 36.4 Å². The Morgan fingerprint density at radius 1 is 1.24 bits per heavy atom. The standard InChI is InChI=1S/C17H26NO6Si/c1-16(2,3)10-17(4,5)13-12(23-15(19)20)9-8-11(18(21)22)14(13)24-25(6)7/h8-9H,10H2,1-7H3,(H,19,20). The lowest BCUT2D eigenvalue weighted by Crippen LogP contribution is -2.28. The van der Waals surface area contributed by atoms with Gasteiger partial charge in [0.1, 0.15) is 5.75 Å². The number of benzene rings is 1. The van der Waals surface area contributed by atoms with E-state index < -0.39 is 25.5 Å². The van der Waals surface area contributed by atoms with Gasteiger partial charge in [-0.15, -0.1) is 0 Å². The number of rotatable bonds is 6. The molecule has 139 valence electrons. The smallest absolute Gasteiger partial charge is 0.511 e. The average molecular weight is 368 g/mol. The molecule has 0 aliphatic rings. The molecule has 0 aliphatic heterocycles. The summed E-state index contributed by atoms with van der Waals surface area (Å²) in [4.78, 5) is 22.1. The fraction of sp³-hybridized carbons (Fsp3) is 0.588. The number of nitrogens with zero attached hydrogens (tertiary/aromatic N) is 1. The minimum Gasteiger partial charge on any atom is -0.538 e. The molecule has 0 aliphatic carbocycles. The van der Waals surface area contributed by atoms with Crippen LogP contribution in [0.1, 0.15) is 46.6 Å². The first-order valence-corrected chi connectivity index (χ1v) is 10.4. The number of nitro benzene ring substituents is 1. The van der Waals surface area contributed by atoms with Gasteiger partial charge in [-0.3, -0.25) is 10.1 Å². The number of hydrogen-bond acceptors (Lipinski definition) is 5. The summed E-state index contributed by atoms with van der Waals surface area (Å²) in [7, 11) is -1.32. The monoisotopic (exact) mass is 368 g/mol. The highest BCUT2D eigenvalue weighted by Gasteiger charge is 2.37. The van der Waals surface area contributed by atoms with E-state index in [0.717, 1.165) is 0 Å². The van der Waals surface area contributed by atoms with E-state index in [1.54, 1.807) is 0 Å². The maximum atomic E-state index is 11.5. The van der Waals surface area contributed by atoms with Crippen LogP contribution in [0.2, 0.25) is 13.1 Å². The third kappa shape index (κ3) is 5.74. The van der Waals surface area contributed by atoms with Gasteiger partial charge in [0.2, 0.25) is 0 Å². The minimum absolute atomic E-state index is 0.0746. The topological polar surface area (TPSA) is 98.9 Å². The van der Waals surface area contributed by atoms with Gasteiger partial charge in [-0.2, -0.15) is 0 Å². The second kappa shape index (κ2) is 7.43. The van der Waals surface area contributed by atoms with Crippen molar-refractivity contribution < 1.29 is 24.0 Å². The van der Waals surface area contributed by atoms with Crippen LogP contribution in [0.15, 0.2) is 12.1 Å². The molecule has 25 heavy (non-hydrogen) atoms. The van der Waals surface area contributed by atoms with Crippen molar-refractivity contribution in [3.8, 4) is 11.5 Å². The maximum absolute atomic E-state index is 11.5. The predicted octanol–water partition coefficient (Wildman–Crippen LogP) is 5.00. The largest absolute Gasteiger partial charge is 0.538 e. The molecule has 1 N–H and O–H groups in total. The van der Waals surface area contributed by atoms with E-state index in [1.165, 1.54) is 12.1 Å². The van der Waals surface area contributed by atoms with E-state index in [-0.39, 0.29) is 22.6 Å². The van der Waals surface area contributed by atoms with Gasteiger partial charge >= 0.3 is 11.8 Å². The van der Waals surface area contributed by atoms with Gasteiger partial charge in [-0.1, -0.05) is 34.6 Å². The highest BCUT2D eigenvalue weighted by molar-refractivity contribution is 6.49. The molecule has 1 aromatic rings. The first-order valence-electron chi connectivity index (χ1n) is 7.95. The van der Waals surface area contributed by atoms with Crippen LogP contribution in [-0.2, 0) is 5.41 Å². The van der Waals surface area contributed by atoms with Crippen molar-refractivity contribution >= 4 is 20.9 Å². The van der Waals surface area contributed by atoms with Crippen molar-refractivity contribution in [3.05, 3.63) is 27.8 Å². The Balaban J connectivity index is 3.73. The van der Waals surface area contributed by atoms with E-state index in [0.29, 0.717) is 12.0 Å². The van der Waals surface area contributed by atoms with Crippen molar-refractivity contribution in [2.24, 2.45) is 5.41 Å². The SMILES string of the molecule is C[Si](C)Oc1c([N+](=O)[O-])ccc(OC(=O)O)c1C(C)(C)CC(C)(C)C. The van der Waals surface area contributed by atoms with Crippen LogP contribution in [-0.4, -0.2) is 25.2 Å². The fourth-order valence-electron chi connectivity index (χ4n) is 3.24. The van der Waals surface area contributed by atoms with Crippen LogP contribution in [0.4, 0.5) is 10.5 Å². The first-order chi connectivity index (χ1) is 11.2. The summed E-state index contributed by atoms with van der Waals surface area (Å²) in [6, 6.07) is 2.56. The molecule has 0 unspecified atom stereocenters. The molecule has 0 atom stereocenters. The van der Waals surface area contributed by atoms with E-state index in [2.05, 4.69) is 20.8 Å². The summed E-state index contributed by atoms with van der Waals surface area (Å²) in [5.41, 5.74) is -0.439. The van der Waals surface area contributed by atoms with Gasteiger partial charge in [0.15, 0.2) is 5.75 Å². The molecule has 7 nitrogen and oxygen atoms in total. The van der Waals surface area contributed by atoms with Gasteiger partial charge in [0.05, 0.1) is 4.92 Å². The van der Waals surface area contributed by atoms with Crippen LogP contribution < -0.4 is 9.16 Å². The fourth-order valence-corrected chi connectivity index (χ4v) is 3.85. The quantitative estimate of drug-likeness (QED) is 0.249. The summed E-state index contributed by atoms with van der Waals surface area (Å²) in [6.45, 7) is 13.7. The van der Waals surface area contributed by atoms with Gasteiger partial charge < -0.3 is 14.3 Å². The highest BCUT2D eigenvalue weighted by Crippen LogP contribution is 2.48. The summed E-state index contributed by atoms with van der Waals surface area (Å²) in [5.74, 6) is 0.183. The molecule has 0 bridgehead atoms. The Labute approximate surface area is 149 Å². The van der Waals surface area contributed by atoms with Gasteiger partial charge in [0, 0.05) is 11.6 Å². The second-order valence-electron chi connectivity index (χ2n) is 8.04. The molecule has 0 saturated carbocycles. The molecule has 0 amide bonds. The molecule has 0 saturated heterocycles. The van der Waals surface area contributed by atoms with Crippen molar-refractivity contribution in [1.29, 1.82) is 0 Å². The third-order valence-electron chi connectivity index (χ3n) is 3.45. The summed E-state index contributed by atoms with van der Waals surface area (Å²) < 4.78 is 10.8. The van der Waals surface area contributed by atoms with E-state index >= 15 is 0 Å². The zero-order valence-electron chi connectivity index (χ0n) is 15.8. The summed E-state index contributed by atoms with van der Waals surface area (Å²) in [6.07, 6.45) is -0.811. The van der Waals surface area contributed by atoms with Crippen LogP contribution in [0.3, 0.4) is 0 Å². The zero-order chi connectivity index (χ0) is 19.6. The van der Waals surface area contributed by atoms with Crippen molar-refractivity contribution in [1.82, 2.24) is 0 Å². The third-order valence-corrected chi connectivity index (χ3v) is 4.06. The van der Waals surface area contributed by atoms with Crippen molar-refractivity contribution in [2.45, 2.75) is 59.5 Å². The van der Waals surface area contributed by atoms with Crippen molar-refractivity contribution in [3.63, 3.8) is 0 Å². The molecule has 1 radical (unpaired) electrons. The molecular formula is C17H26NO6Si. The molecule has 1 aromatic carbocycles. The second-order valence-corrected chi connectivity index (χ2v) is 10.1. The molecule has 0 heterocycles. The Hall–Kier alpha value is -2.09. The summed E-state index contributed by atoms with van der Waals surface area (Å²) >= 11 is 0. The molecular weight excluding hydrogens is 342 g/mol. The Morgan fingerprint density at radius 3 is 2.20 bits per heavy atom. The number of nitro groups is 1. The van der Waals surface area contributed by atoms with Crippen LogP contribution in [0.5, 0.6) is 11.5 Å². The predicted molar refractivity (Wildman–Crippen MR) is 97.0 cm³/mol. The molecule has 0 fully saturated rings. The lowest BCUT2D eigenvalue weighted by Gasteiger charge is -2.35. The van der Waals surface area contributed by atoms with E-state index in [9.17, 15) is 14.9 Å². The Kier molecular flexibility index (Phi) is 6.22. The number of carbonyl (C=O) groups is 1. The summed E-state index contributed by atoms with van der Waals surface area (Å²) in [5, 5.41) is 20.5. The lowest BCUT2D eigenvalue weighted by molar-refractivity contribution is -0.385. The number of ether oxygens (including phenoxy) is 1. The van der Waals surface area contributed by atoms with Crippen LogP contribution in [0, 0.1) is 15.5 Å². The van der Waals surface area contributed by atoms with E-state index in [4.69, 9.17) is 14.3 Å². The molecule has 0 spiro atoms.